The molecule has 2 nitrogen and oxygen atoms in total. The molecule has 31 heavy (non-hydrogen) atoms. The number of hydrogen-bond acceptors (Lipinski definition) is 2. The van der Waals surface area contributed by atoms with Gasteiger partial charge in [-0.1, -0.05) is 95.2 Å². The fourth-order valence-corrected chi connectivity index (χ4v) is 4.74. The maximum absolute atomic E-state index is 12.8. The smallest absolute Gasteiger partial charge is 0.140 e. The Labute approximate surface area is 189 Å². The van der Waals surface area contributed by atoms with Crippen molar-refractivity contribution in [3.05, 3.63) is 54.1 Å². The second-order valence-electron chi connectivity index (χ2n) is 9.22. The van der Waals surface area contributed by atoms with Gasteiger partial charge in [-0.25, -0.2) is 0 Å². The number of rotatable bonds is 12. The third kappa shape index (κ3) is 7.23. The van der Waals surface area contributed by atoms with Gasteiger partial charge in [-0.15, -0.1) is 0 Å². The van der Waals surface area contributed by atoms with Crippen molar-refractivity contribution in [1.29, 1.82) is 0 Å². The first-order chi connectivity index (χ1) is 15.2. The van der Waals surface area contributed by atoms with Crippen molar-refractivity contribution in [3.8, 4) is 16.9 Å². The molecule has 1 fully saturated rings. The molecule has 0 bridgehead atoms. The number of ether oxygens (including phenoxy) is 1. The lowest BCUT2D eigenvalue weighted by atomic mass is 9.76. The molecular weight excluding hydrogens is 380 g/mol. The van der Waals surface area contributed by atoms with Crippen LogP contribution in [0, 0.1) is 5.92 Å². The first-order valence-corrected chi connectivity index (χ1v) is 12.6. The molecule has 1 aliphatic carbocycles. The fourth-order valence-electron chi connectivity index (χ4n) is 4.74. The second kappa shape index (κ2) is 12.7. The third-order valence-electron chi connectivity index (χ3n) is 6.73. The summed E-state index contributed by atoms with van der Waals surface area (Å²) in [6.07, 6.45) is 12.9. The minimum absolute atomic E-state index is 0.0972. The number of Topliss-reactive ketones (excluding diaryl/α,β-unsaturated/α-hetero) is 1. The fraction of sp³-hybridized carbons (Fsp3) is 0.552. The van der Waals surface area contributed by atoms with Gasteiger partial charge < -0.3 is 4.74 Å². The monoisotopic (exact) mass is 420 g/mol. The van der Waals surface area contributed by atoms with Crippen LogP contribution in [0.25, 0.3) is 11.1 Å². The Balaban J connectivity index is 1.51. The topological polar surface area (TPSA) is 26.3 Å². The van der Waals surface area contributed by atoms with Crippen molar-refractivity contribution in [2.45, 2.75) is 90.4 Å². The first-order valence-electron chi connectivity index (χ1n) is 12.6. The van der Waals surface area contributed by atoms with Crippen LogP contribution in [-0.2, 0) is 4.79 Å². The van der Waals surface area contributed by atoms with Crippen LogP contribution in [0.3, 0.4) is 0 Å². The Hall–Kier alpha value is -2.09. The minimum Gasteiger partial charge on any atom is -0.494 e. The van der Waals surface area contributed by atoms with Crippen molar-refractivity contribution >= 4 is 5.78 Å². The van der Waals surface area contributed by atoms with Crippen LogP contribution in [-0.4, -0.2) is 12.4 Å². The maximum atomic E-state index is 12.8. The SMILES string of the molecule is CCCCCCOc1ccc(-c2ccc([C@H]3CC[C@H](CCCCC)CC3=O)cc2)cc1. The van der Waals surface area contributed by atoms with Gasteiger partial charge in [-0.3, -0.25) is 4.79 Å². The highest BCUT2D eigenvalue weighted by Crippen LogP contribution is 2.36. The van der Waals surface area contributed by atoms with E-state index >= 15 is 0 Å². The van der Waals surface area contributed by atoms with Gasteiger partial charge in [0.15, 0.2) is 0 Å². The van der Waals surface area contributed by atoms with E-state index in [1.54, 1.807) is 0 Å². The summed E-state index contributed by atoms with van der Waals surface area (Å²) in [4.78, 5) is 12.8. The first kappa shape index (κ1) is 23.6. The maximum Gasteiger partial charge on any atom is 0.140 e. The van der Waals surface area contributed by atoms with Gasteiger partial charge in [0.1, 0.15) is 11.5 Å². The molecule has 0 amide bonds. The van der Waals surface area contributed by atoms with Gasteiger partial charge in [-0.2, -0.15) is 0 Å². The number of benzene rings is 2. The zero-order valence-electron chi connectivity index (χ0n) is 19.6. The highest BCUT2D eigenvalue weighted by molar-refractivity contribution is 5.86. The molecule has 2 aromatic carbocycles. The van der Waals surface area contributed by atoms with E-state index in [9.17, 15) is 4.79 Å². The van der Waals surface area contributed by atoms with E-state index in [1.807, 2.05) is 0 Å². The molecule has 0 spiro atoms. The molecule has 168 valence electrons. The summed E-state index contributed by atoms with van der Waals surface area (Å²) in [5.74, 6) is 2.10. The van der Waals surface area contributed by atoms with Crippen LogP contribution in [0.1, 0.15) is 96.0 Å². The molecule has 0 aromatic heterocycles. The zero-order valence-corrected chi connectivity index (χ0v) is 19.6. The second-order valence-corrected chi connectivity index (χ2v) is 9.22. The number of unbranched alkanes of at least 4 members (excludes halogenated alkanes) is 5. The average molecular weight is 421 g/mol. The van der Waals surface area contributed by atoms with Gasteiger partial charge in [0, 0.05) is 12.3 Å². The van der Waals surface area contributed by atoms with Crippen LogP contribution in [0.15, 0.2) is 48.5 Å². The Bertz CT molecular complexity index is 775. The molecule has 0 saturated heterocycles. The molecule has 2 aromatic rings. The predicted octanol–water partition coefficient (Wildman–Crippen LogP) is 8.35. The van der Waals surface area contributed by atoms with E-state index in [1.165, 1.54) is 68.1 Å². The molecule has 0 unspecified atom stereocenters. The van der Waals surface area contributed by atoms with E-state index in [0.29, 0.717) is 11.7 Å². The van der Waals surface area contributed by atoms with Crippen molar-refractivity contribution in [3.63, 3.8) is 0 Å². The summed E-state index contributed by atoms with van der Waals surface area (Å²) in [7, 11) is 0. The summed E-state index contributed by atoms with van der Waals surface area (Å²) in [5.41, 5.74) is 3.57. The molecule has 1 aliphatic rings. The van der Waals surface area contributed by atoms with E-state index in [4.69, 9.17) is 4.74 Å². The summed E-state index contributed by atoms with van der Waals surface area (Å²) in [6.45, 7) is 5.26. The summed E-state index contributed by atoms with van der Waals surface area (Å²) < 4.78 is 5.86. The molecular formula is C29H40O2. The van der Waals surface area contributed by atoms with Gasteiger partial charge >= 0.3 is 0 Å². The lowest BCUT2D eigenvalue weighted by Gasteiger charge is -2.27. The quantitative estimate of drug-likeness (QED) is 0.322. The number of carbonyl (C=O) groups is 1. The Kier molecular flexibility index (Phi) is 9.65. The molecule has 2 atom stereocenters. The van der Waals surface area contributed by atoms with Gasteiger partial charge in [0.05, 0.1) is 6.61 Å². The van der Waals surface area contributed by atoms with E-state index in [2.05, 4.69) is 62.4 Å². The predicted molar refractivity (Wildman–Crippen MR) is 131 cm³/mol. The molecule has 0 radical (unpaired) electrons. The van der Waals surface area contributed by atoms with Crippen molar-refractivity contribution in [2.24, 2.45) is 5.92 Å². The lowest BCUT2D eigenvalue weighted by molar-refractivity contribution is -0.123. The third-order valence-corrected chi connectivity index (χ3v) is 6.73. The van der Waals surface area contributed by atoms with Crippen LogP contribution >= 0.6 is 0 Å². The minimum atomic E-state index is 0.0972. The number of ketones is 1. The van der Waals surface area contributed by atoms with Crippen molar-refractivity contribution in [1.82, 2.24) is 0 Å². The Morgan fingerprint density at radius 3 is 2.06 bits per heavy atom. The summed E-state index contributed by atoms with van der Waals surface area (Å²) in [5, 5.41) is 0. The molecule has 2 heteroatoms. The van der Waals surface area contributed by atoms with Crippen molar-refractivity contribution in [2.75, 3.05) is 6.61 Å². The Morgan fingerprint density at radius 2 is 1.42 bits per heavy atom. The van der Waals surface area contributed by atoms with Crippen LogP contribution in [0.5, 0.6) is 5.75 Å². The van der Waals surface area contributed by atoms with Gasteiger partial charge in [0.25, 0.3) is 0 Å². The van der Waals surface area contributed by atoms with Crippen LogP contribution < -0.4 is 4.74 Å². The molecule has 0 heterocycles. The number of hydrogen-bond donors (Lipinski definition) is 0. The highest BCUT2D eigenvalue weighted by atomic mass is 16.5. The molecule has 1 saturated carbocycles. The largest absolute Gasteiger partial charge is 0.494 e. The summed E-state index contributed by atoms with van der Waals surface area (Å²) >= 11 is 0. The molecule has 0 N–H and O–H groups in total. The standard InChI is InChI=1S/C29H40O2/c1-3-5-7-9-21-31-27-18-16-25(17-19-27)24-12-14-26(15-13-24)28-20-11-23(22-29(28)30)10-8-6-4-2/h12-19,23,28H,3-11,20-22H2,1-2H3/t23-,28+/m0/s1. The Morgan fingerprint density at radius 1 is 0.774 bits per heavy atom. The summed E-state index contributed by atoms with van der Waals surface area (Å²) in [6, 6.07) is 17.0. The molecule has 3 rings (SSSR count). The zero-order chi connectivity index (χ0) is 21.9. The number of carbonyl (C=O) groups excluding carboxylic acids is 1. The van der Waals surface area contributed by atoms with Gasteiger partial charge in [0.2, 0.25) is 0 Å². The van der Waals surface area contributed by atoms with E-state index in [0.717, 1.165) is 31.6 Å². The van der Waals surface area contributed by atoms with E-state index in [-0.39, 0.29) is 5.92 Å². The highest BCUT2D eigenvalue weighted by Gasteiger charge is 2.29. The van der Waals surface area contributed by atoms with E-state index < -0.39 is 0 Å². The van der Waals surface area contributed by atoms with Gasteiger partial charge in [-0.05, 0) is 54.0 Å². The average Bonchev–Trinajstić information content (AvgIpc) is 2.80. The normalized spacial score (nSPS) is 18.8. The lowest BCUT2D eigenvalue weighted by Crippen LogP contribution is -2.23. The molecule has 0 aliphatic heterocycles. The van der Waals surface area contributed by atoms with Crippen LogP contribution in [0.4, 0.5) is 0 Å². The van der Waals surface area contributed by atoms with Crippen molar-refractivity contribution < 1.29 is 9.53 Å². The van der Waals surface area contributed by atoms with Crippen LogP contribution in [0.2, 0.25) is 0 Å².